The highest BCUT2D eigenvalue weighted by Gasteiger charge is 2.06. The molecule has 3 nitrogen and oxygen atoms in total. The van der Waals surface area contributed by atoms with E-state index in [0.29, 0.717) is 0 Å². The van der Waals surface area contributed by atoms with E-state index in [1.54, 1.807) is 19.6 Å². The van der Waals surface area contributed by atoms with Gasteiger partial charge in [0, 0.05) is 11.6 Å². The van der Waals surface area contributed by atoms with Gasteiger partial charge < -0.3 is 9.26 Å². The van der Waals surface area contributed by atoms with Gasteiger partial charge in [0.2, 0.25) is 0 Å². The highest BCUT2D eigenvalue weighted by Crippen LogP contribution is 2.25. The Bertz CT molecular complexity index is 527. The van der Waals surface area contributed by atoms with Gasteiger partial charge in [0.15, 0.2) is 0 Å². The quantitative estimate of drug-likeness (QED) is 0.753. The van der Waals surface area contributed by atoms with Crippen LogP contribution in [0.15, 0.2) is 41.3 Å². The van der Waals surface area contributed by atoms with Gasteiger partial charge in [-0.25, -0.2) is 0 Å². The third kappa shape index (κ3) is 2.38. The number of aryl methyl sites for hydroxylation is 1. The van der Waals surface area contributed by atoms with Gasteiger partial charge in [0.25, 0.3) is 0 Å². The van der Waals surface area contributed by atoms with Crippen LogP contribution < -0.4 is 0 Å². The van der Waals surface area contributed by atoms with Gasteiger partial charge in [-0.2, -0.15) is 0 Å². The number of ether oxygens (including phenoxy) is 1. The molecule has 3 heteroatoms. The van der Waals surface area contributed by atoms with Crippen molar-refractivity contribution >= 4 is 5.57 Å². The van der Waals surface area contributed by atoms with Gasteiger partial charge in [-0.05, 0) is 36.6 Å². The molecule has 0 N–H and O–H groups in total. The van der Waals surface area contributed by atoms with Crippen LogP contribution in [0.1, 0.15) is 18.1 Å². The van der Waals surface area contributed by atoms with Gasteiger partial charge in [-0.3, -0.25) is 0 Å². The lowest BCUT2D eigenvalue weighted by atomic mass is 9.98. The van der Waals surface area contributed by atoms with E-state index in [0.717, 1.165) is 22.4 Å². The van der Waals surface area contributed by atoms with E-state index in [4.69, 9.17) is 9.26 Å². The molecular weight excluding hydrogens is 214 g/mol. The van der Waals surface area contributed by atoms with Crippen LogP contribution in [0.2, 0.25) is 0 Å². The van der Waals surface area contributed by atoms with Crippen molar-refractivity contribution in [3.63, 3.8) is 0 Å². The molecule has 2 rings (SSSR count). The lowest BCUT2D eigenvalue weighted by molar-refractivity contribution is 0.339. The Kier molecular flexibility index (Phi) is 3.28. The summed E-state index contributed by atoms with van der Waals surface area (Å²) >= 11 is 0. The highest BCUT2D eigenvalue weighted by atomic mass is 16.5. The van der Waals surface area contributed by atoms with Gasteiger partial charge in [0.05, 0.1) is 13.4 Å². The second-order valence-corrected chi connectivity index (χ2v) is 3.95. The molecule has 0 saturated carbocycles. The SMILES string of the molecule is COC=C(C)c1cc(-c2ccon2)ccc1C. The molecule has 0 spiro atoms. The van der Waals surface area contributed by atoms with Crippen LogP contribution in [0, 0.1) is 6.92 Å². The van der Waals surface area contributed by atoms with Crippen LogP contribution in [0.25, 0.3) is 16.8 Å². The van der Waals surface area contributed by atoms with Crippen LogP contribution in [-0.2, 0) is 4.74 Å². The molecule has 0 aliphatic rings. The fourth-order valence-electron chi connectivity index (χ4n) is 1.81. The molecule has 0 aliphatic carbocycles. The van der Waals surface area contributed by atoms with Gasteiger partial charge in [0.1, 0.15) is 12.0 Å². The largest absolute Gasteiger partial charge is 0.504 e. The van der Waals surface area contributed by atoms with Crippen molar-refractivity contribution in [2.24, 2.45) is 0 Å². The maximum absolute atomic E-state index is 5.05. The zero-order valence-corrected chi connectivity index (χ0v) is 10.2. The number of nitrogens with zero attached hydrogens (tertiary/aromatic N) is 1. The topological polar surface area (TPSA) is 35.3 Å². The van der Waals surface area contributed by atoms with Gasteiger partial charge >= 0.3 is 0 Å². The lowest BCUT2D eigenvalue weighted by Gasteiger charge is -2.07. The maximum Gasteiger partial charge on any atom is 0.124 e. The molecule has 0 radical (unpaired) electrons. The number of methoxy groups -OCH3 is 1. The summed E-state index contributed by atoms with van der Waals surface area (Å²) in [7, 11) is 1.65. The van der Waals surface area contributed by atoms with E-state index >= 15 is 0 Å². The van der Waals surface area contributed by atoms with E-state index < -0.39 is 0 Å². The van der Waals surface area contributed by atoms with Crippen LogP contribution >= 0.6 is 0 Å². The van der Waals surface area contributed by atoms with Crippen molar-refractivity contribution in [1.29, 1.82) is 0 Å². The predicted molar refractivity (Wildman–Crippen MR) is 67.3 cm³/mol. The number of benzene rings is 1. The molecule has 0 amide bonds. The average Bonchev–Trinajstić information content (AvgIpc) is 2.83. The summed E-state index contributed by atoms with van der Waals surface area (Å²) < 4.78 is 9.91. The first-order chi connectivity index (χ1) is 8.22. The smallest absolute Gasteiger partial charge is 0.124 e. The monoisotopic (exact) mass is 229 g/mol. The minimum atomic E-state index is 0.844. The molecule has 1 aromatic heterocycles. The van der Waals surface area contributed by atoms with E-state index in [9.17, 15) is 0 Å². The van der Waals surface area contributed by atoms with Crippen molar-refractivity contribution in [1.82, 2.24) is 5.16 Å². The Hall–Kier alpha value is -2.03. The molecule has 0 aliphatic heterocycles. The van der Waals surface area contributed by atoms with Crippen LogP contribution in [0.4, 0.5) is 0 Å². The molecule has 1 aromatic carbocycles. The molecule has 0 atom stereocenters. The van der Waals surface area contributed by atoms with E-state index in [1.165, 1.54) is 5.56 Å². The van der Waals surface area contributed by atoms with E-state index in [2.05, 4.69) is 24.2 Å². The third-order valence-electron chi connectivity index (χ3n) is 2.69. The lowest BCUT2D eigenvalue weighted by Crippen LogP contribution is -1.88. The molecular formula is C14H15NO2. The molecule has 17 heavy (non-hydrogen) atoms. The minimum absolute atomic E-state index is 0.844. The summed E-state index contributed by atoms with van der Waals surface area (Å²) in [5, 5.41) is 3.94. The number of hydrogen-bond donors (Lipinski definition) is 0. The maximum atomic E-state index is 5.05. The van der Waals surface area contributed by atoms with Gasteiger partial charge in [-0.1, -0.05) is 17.3 Å². The Morgan fingerprint density at radius 1 is 1.35 bits per heavy atom. The molecule has 0 fully saturated rings. The molecule has 2 aromatic rings. The number of rotatable bonds is 3. The molecule has 0 unspecified atom stereocenters. The Morgan fingerprint density at radius 2 is 2.18 bits per heavy atom. The summed E-state index contributed by atoms with van der Waals surface area (Å²) in [4.78, 5) is 0. The first-order valence-corrected chi connectivity index (χ1v) is 5.43. The van der Waals surface area contributed by atoms with E-state index in [-0.39, 0.29) is 0 Å². The van der Waals surface area contributed by atoms with Crippen molar-refractivity contribution in [3.05, 3.63) is 47.9 Å². The van der Waals surface area contributed by atoms with Crippen molar-refractivity contribution < 1.29 is 9.26 Å². The fraction of sp³-hybridized carbons (Fsp3) is 0.214. The second-order valence-electron chi connectivity index (χ2n) is 3.95. The number of allylic oxidation sites excluding steroid dienone is 1. The summed E-state index contributed by atoms with van der Waals surface area (Å²) in [6.45, 7) is 4.10. The van der Waals surface area contributed by atoms with E-state index in [1.807, 2.05) is 19.1 Å². The third-order valence-corrected chi connectivity index (χ3v) is 2.69. The zero-order valence-electron chi connectivity index (χ0n) is 10.2. The molecule has 0 saturated heterocycles. The highest BCUT2D eigenvalue weighted by molar-refractivity contribution is 5.71. The molecule has 0 bridgehead atoms. The normalized spacial score (nSPS) is 11.6. The fourth-order valence-corrected chi connectivity index (χ4v) is 1.81. The summed E-state index contributed by atoms with van der Waals surface area (Å²) in [5.41, 5.74) is 5.35. The first kappa shape index (κ1) is 11.5. The second kappa shape index (κ2) is 4.87. The Balaban J connectivity index is 2.47. The van der Waals surface area contributed by atoms with Crippen molar-refractivity contribution in [3.8, 4) is 11.3 Å². The van der Waals surface area contributed by atoms with Crippen LogP contribution in [-0.4, -0.2) is 12.3 Å². The summed E-state index contributed by atoms with van der Waals surface area (Å²) in [6, 6.07) is 8.06. The van der Waals surface area contributed by atoms with Crippen molar-refractivity contribution in [2.45, 2.75) is 13.8 Å². The first-order valence-electron chi connectivity index (χ1n) is 5.43. The number of hydrogen-bond acceptors (Lipinski definition) is 3. The summed E-state index contributed by atoms with van der Waals surface area (Å²) in [5.74, 6) is 0. The Morgan fingerprint density at radius 3 is 2.82 bits per heavy atom. The molecule has 1 heterocycles. The standard InChI is InChI=1S/C14H15NO2/c1-10-4-5-12(14-6-7-17-15-14)8-13(10)11(2)9-16-3/h4-9H,1-3H3. The Labute approximate surface area is 101 Å². The minimum Gasteiger partial charge on any atom is -0.504 e. The number of aromatic nitrogens is 1. The zero-order chi connectivity index (χ0) is 12.3. The average molecular weight is 229 g/mol. The van der Waals surface area contributed by atoms with Crippen LogP contribution in [0.3, 0.4) is 0 Å². The van der Waals surface area contributed by atoms with Gasteiger partial charge in [-0.15, -0.1) is 0 Å². The predicted octanol–water partition coefficient (Wildman–Crippen LogP) is 3.66. The van der Waals surface area contributed by atoms with Crippen LogP contribution in [0.5, 0.6) is 0 Å². The van der Waals surface area contributed by atoms with Crippen molar-refractivity contribution in [2.75, 3.05) is 7.11 Å². The molecule has 88 valence electrons. The summed E-state index contributed by atoms with van der Waals surface area (Å²) in [6.07, 6.45) is 3.32.